The highest BCUT2D eigenvalue weighted by Gasteiger charge is 2.13. The van der Waals surface area contributed by atoms with Gasteiger partial charge in [-0.25, -0.2) is 0 Å². The van der Waals surface area contributed by atoms with Crippen molar-refractivity contribution >= 4 is 10.9 Å². The van der Waals surface area contributed by atoms with Gasteiger partial charge in [-0.05, 0) is 17.8 Å². The summed E-state index contributed by atoms with van der Waals surface area (Å²) < 4.78 is 9.93. The van der Waals surface area contributed by atoms with Crippen LogP contribution in [0.3, 0.4) is 0 Å². The molecule has 0 radical (unpaired) electrons. The predicted octanol–water partition coefficient (Wildman–Crippen LogP) is 1.39. The van der Waals surface area contributed by atoms with Crippen molar-refractivity contribution < 1.29 is 9.47 Å². The van der Waals surface area contributed by atoms with E-state index in [1.807, 2.05) is 6.08 Å². The van der Waals surface area contributed by atoms with Crippen LogP contribution in [0.25, 0.3) is 0 Å². The Morgan fingerprint density at radius 3 is 2.00 bits per heavy atom. The Hall–Kier alpha value is -0.310. The third-order valence-corrected chi connectivity index (χ3v) is 3.14. The van der Waals surface area contributed by atoms with Gasteiger partial charge >= 0.3 is 0 Å². The lowest BCUT2D eigenvalue weighted by molar-refractivity contribution is 0.0942. The van der Waals surface area contributed by atoms with Crippen molar-refractivity contribution in [3.05, 3.63) is 12.0 Å². The van der Waals surface area contributed by atoms with Gasteiger partial charge in [-0.2, -0.15) is 0 Å². The van der Waals surface area contributed by atoms with Crippen LogP contribution in [0.15, 0.2) is 12.0 Å². The van der Waals surface area contributed by atoms with Gasteiger partial charge in [0, 0.05) is 6.08 Å². The molecule has 0 saturated heterocycles. The monoisotopic (exact) mass is 177 g/mol. The summed E-state index contributed by atoms with van der Waals surface area (Å²) >= 11 is 0. The second-order valence-electron chi connectivity index (χ2n) is 2.48. The molecule has 0 bridgehead atoms. The maximum absolute atomic E-state index is 4.96. The summed E-state index contributed by atoms with van der Waals surface area (Å²) in [5.41, 5.74) is 0. The first-order valence-electron chi connectivity index (χ1n) is 3.48. The first-order chi connectivity index (χ1) is 5.11. The third-order valence-electron chi connectivity index (χ3n) is 1.52. The first kappa shape index (κ1) is 10.7. The van der Waals surface area contributed by atoms with Crippen molar-refractivity contribution in [3.8, 4) is 0 Å². The van der Waals surface area contributed by atoms with Crippen molar-refractivity contribution in [1.82, 2.24) is 0 Å². The number of rotatable bonds is 4. The van der Waals surface area contributed by atoms with E-state index in [1.54, 1.807) is 14.2 Å². The van der Waals surface area contributed by atoms with E-state index in [0.717, 1.165) is 0 Å². The zero-order chi connectivity index (χ0) is 8.85. The molecule has 0 aliphatic heterocycles. The molecule has 0 saturated carbocycles. The van der Waals surface area contributed by atoms with Gasteiger partial charge in [-0.3, -0.25) is 0 Å². The summed E-state index contributed by atoms with van der Waals surface area (Å²) in [7, 11) is 3.61. The summed E-state index contributed by atoms with van der Waals surface area (Å²) in [5, 5.41) is 0.518. The van der Waals surface area contributed by atoms with E-state index in [9.17, 15) is 0 Å². The van der Waals surface area contributed by atoms with E-state index in [2.05, 4.69) is 19.4 Å². The molecule has 0 heterocycles. The van der Waals surface area contributed by atoms with Gasteiger partial charge < -0.3 is 9.47 Å². The average Bonchev–Trinajstić information content (AvgIpc) is 1.99. The fraction of sp³-hybridized carbons (Fsp3) is 0.750. The molecule has 1 atom stereocenters. The first-order valence-corrected chi connectivity index (χ1v) is 5.58. The average molecular weight is 177 g/mol. The standard InChI is InChI=1S/C8H17O2S/c1-7(11(4)5)6-8(9-2)10-3/h6-7H,1-5H3/q+1. The fourth-order valence-corrected chi connectivity index (χ4v) is 0.930. The van der Waals surface area contributed by atoms with Crippen molar-refractivity contribution in [2.45, 2.75) is 12.2 Å². The fourth-order valence-electron chi connectivity index (χ4n) is 0.547. The Morgan fingerprint density at radius 2 is 1.73 bits per heavy atom. The molecule has 0 N–H and O–H groups in total. The van der Waals surface area contributed by atoms with Crippen LogP contribution in [0.1, 0.15) is 6.92 Å². The van der Waals surface area contributed by atoms with Crippen LogP contribution in [0.2, 0.25) is 0 Å². The van der Waals surface area contributed by atoms with Crippen molar-refractivity contribution in [2.24, 2.45) is 0 Å². The molecule has 0 aromatic rings. The number of ether oxygens (including phenoxy) is 2. The second kappa shape index (κ2) is 5.35. The minimum absolute atomic E-state index is 0.380. The number of hydrogen-bond donors (Lipinski definition) is 0. The minimum Gasteiger partial charge on any atom is -0.469 e. The molecule has 3 heteroatoms. The highest BCUT2D eigenvalue weighted by molar-refractivity contribution is 7.96. The second-order valence-corrected chi connectivity index (χ2v) is 4.98. The summed E-state index contributed by atoms with van der Waals surface area (Å²) in [6.07, 6.45) is 6.40. The van der Waals surface area contributed by atoms with Gasteiger partial charge in [-0.1, -0.05) is 0 Å². The SMILES string of the molecule is COC(=CC(C)[S+](C)C)OC. The molecule has 66 valence electrons. The van der Waals surface area contributed by atoms with E-state index in [0.29, 0.717) is 22.1 Å². The molecule has 0 rings (SSSR count). The number of methoxy groups -OCH3 is 2. The van der Waals surface area contributed by atoms with Crippen LogP contribution >= 0.6 is 0 Å². The van der Waals surface area contributed by atoms with Crippen molar-refractivity contribution in [2.75, 3.05) is 26.7 Å². The zero-order valence-electron chi connectivity index (χ0n) is 7.88. The maximum Gasteiger partial charge on any atom is 0.279 e. The lowest BCUT2D eigenvalue weighted by atomic mass is 10.4. The smallest absolute Gasteiger partial charge is 0.279 e. The van der Waals surface area contributed by atoms with E-state index in [-0.39, 0.29) is 0 Å². The van der Waals surface area contributed by atoms with Crippen LogP contribution in [0.4, 0.5) is 0 Å². The Kier molecular flexibility index (Phi) is 5.20. The molecule has 11 heavy (non-hydrogen) atoms. The lowest BCUT2D eigenvalue weighted by Crippen LogP contribution is -2.13. The van der Waals surface area contributed by atoms with Gasteiger partial charge in [0.1, 0.15) is 5.25 Å². The highest BCUT2D eigenvalue weighted by Crippen LogP contribution is 2.05. The van der Waals surface area contributed by atoms with Gasteiger partial charge in [0.2, 0.25) is 0 Å². The van der Waals surface area contributed by atoms with Gasteiger partial charge in [0.05, 0.1) is 26.7 Å². The van der Waals surface area contributed by atoms with Crippen LogP contribution in [-0.2, 0) is 20.4 Å². The Labute approximate surface area is 71.9 Å². The van der Waals surface area contributed by atoms with Crippen LogP contribution < -0.4 is 0 Å². The zero-order valence-corrected chi connectivity index (χ0v) is 8.70. The molecule has 2 nitrogen and oxygen atoms in total. The van der Waals surface area contributed by atoms with Gasteiger partial charge in [-0.15, -0.1) is 0 Å². The quantitative estimate of drug-likeness (QED) is 0.477. The van der Waals surface area contributed by atoms with E-state index in [4.69, 9.17) is 9.47 Å². The lowest BCUT2D eigenvalue weighted by Gasteiger charge is -2.06. The largest absolute Gasteiger partial charge is 0.469 e. The van der Waals surface area contributed by atoms with E-state index >= 15 is 0 Å². The summed E-state index contributed by atoms with van der Waals surface area (Å²) in [6.45, 7) is 2.15. The third kappa shape index (κ3) is 4.19. The molecule has 0 aliphatic carbocycles. The van der Waals surface area contributed by atoms with E-state index in [1.165, 1.54) is 0 Å². The molecule has 0 aromatic carbocycles. The Bertz CT molecular complexity index is 126. The van der Waals surface area contributed by atoms with Gasteiger partial charge in [0.15, 0.2) is 0 Å². The molecule has 0 aliphatic rings. The highest BCUT2D eigenvalue weighted by atomic mass is 32.2. The van der Waals surface area contributed by atoms with Crippen LogP contribution in [0, 0.1) is 0 Å². The summed E-state index contributed by atoms with van der Waals surface area (Å²) in [4.78, 5) is 0. The van der Waals surface area contributed by atoms with Crippen LogP contribution in [0.5, 0.6) is 0 Å². The molecular weight excluding hydrogens is 160 g/mol. The maximum atomic E-state index is 4.96. The topological polar surface area (TPSA) is 18.5 Å². The predicted molar refractivity (Wildman–Crippen MR) is 50.8 cm³/mol. The number of hydrogen-bond acceptors (Lipinski definition) is 2. The molecule has 0 fully saturated rings. The molecular formula is C8H17O2S+. The van der Waals surface area contributed by atoms with Crippen LogP contribution in [-0.4, -0.2) is 32.0 Å². The van der Waals surface area contributed by atoms with E-state index < -0.39 is 0 Å². The Morgan fingerprint density at radius 1 is 1.27 bits per heavy atom. The van der Waals surface area contributed by atoms with Crippen molar-refractivity contribution in [1.29, 1.82) is 0 Å². The molecule has 0 aromatic heterocycles. The van der Waals surface area contributed by atoms with Gasteiger partial charge in [0.25, 0.3) is 5.95 Å². The molecule has 1 unspecified atom stereocenters. The molecule has 0 amide bonds. The Balaban J connectivity index is 4.03. The summed E-state index contributed by atoms with van der Waals surface area (Å²) in [5.74, 6) is 0.610. The van der Waals surface area contributed by atoms with Crippen molar-refractivity contribution in [3.63, 3.8) is 0 Å². The minimum atomic E-state index is 0.380. The molecule has 0 spiro atoms. The summed E-state index contributed by atoms with van der Waals surface area (Å²) in [6, 6.07) is 0. The normalized spacial score (nSPS) is 12.5.